The van der Waals surface area contributed by atoms with Gasteiger partial charge in [-0.05, 0) is 51.0 Å². The third kappa shape index (κ3) is 2.00. The zero-order valence-electron chi connectivity index (χ0n) is 15.4. The van der Waals surface area contributed by atoms with Crippen LogP contribution in [0.3, 0.4) is 0 Å². The van der Waals surface area contributed by atoms with E-state index in [1.165, 1.54) is 6.92 Å². The molecule has 3 fully saturated rings. The maximum absolute atomic E-state index is 12.5. The first-order valence-corrected chi connectivity index (χ1v) is 9.64. The predicted octanol–water partition coefficient (Wildman–Crippen LogP) is 3.02. The quantitative estimate of drug-likeness (QED) is 0.742. The molecule has 1 N–H and O–H groups in total. The van der Waals surface area contributed by atoms with Crippen molar-refractivity contribution >= 4 is 17.3 Å². The Morgan fingerprint density at radius 2 is 1.88 bits per heavy atom. The third-order valence-electron chi connectivity index (χ3n) is 8.35. The maximum atomic E-state index is 12.5. The van der Waals surface area contributed by atoms with E-state index in [2.05, 4.69) is 6.92 Å². The lowest BCUT2D eigenvalue weighted by Crippen LogP contribution is -2.64. The van der Waals surface area contributed by atoms with Crippen LogP contribution in [0.25, 0.3) is 0 Å². The van der Waals surface area contributed by atoms with Crippen LogP contribution in [0.1, 0.15) is 65.7 Å². The van der Waals surface area contributed by atoms with Gasteiger partial charge in [0.25, 0.3) is 0 Å². The highest BCUT2D eigenvalue weighted by atomic mass is 16.3. The molecule has 4 aliphatic carbocycles. The van der Waals surface area contributed by atoms with Crippen molar-refractivity contribution in [2.75, 3.05) is 0 Å². The molecule has 0 aliphatic heterocycles. The largest absolute Gasteiger partial charge is 0.389 e. The van der Waals surface area contributed by atoms with Gasteiger partial charge in [-0.1, -0.05) is 19.4 Å². The summed E-state index contributed by atoms with van der Waals surface area (Å²) in [4.78, 5) is 36.6. The highest BCUT2D eigenvalue weighted by Crippen LogP contribution is 2.66. The van der Waals surface area contributed by atoms with Crippen molar-refractivity contribution in [3.05, 3.63) is 11.6 Å². The van der Waals surface area contributed by atoms with Gasteiger partial charge in [0.15, 0.2) is 5.78 Å². The van der Waals surface area contributed by atoms with E-state index in [1.54, 1.807) is 6.08 Å². The summed E-state index contributed by atoms with van der Waals surface area (Å²) in [7, 11) is 0. The Bertz CT molecular complexity index is 707. The Kier molecular flexibility index (Phi) is 3.51. The Labute approximate surface area is 149 Å². The minimum absolute atomic E-state index is 0.0611. The molecule has 6 atom stereocenters. The van der Waals surface area contributed by atoms with Crippen molar-refractivity contribution in [2.45, 2.75) is 71.3 Å². The molecule has 4 rings (SSSR count). The number of carbonyl (C=O) groups is 3. The first kappa shape index (κ1) is 17.1. The lowest BCUT2D eigenvalue weighted by atomic mass is 9.43. The van der Waals surface area contributed by atoms with Crippen LogP contribution in [-0.4, -0.2) is 28.1 Å². The van der Waals surface area contributed by atoms with Crippen LogP contribution >= 0.6 is 0 Å². The van der Waals surface area contributed by atoms with Crippen molar-refractivity contribution in [1.82, 2.24) is 0 Å². The second-order valence-electron chi connectivity index (χ2n) is 9.37. The summed E-state index contributed by atoms with van der Waals surface area (Å²) in [5.74, 6) is -0.232. The molecule has 136 valence electrons. The van der Waals surface area contributed by atoms with Crippen LogP contribution in [0.15, 0.2) is 11.6 Å². The molecule has 4 nitrogen and oxygen atoms in total. The summed E-state index contributed by atoms with van der Waals surface area (Å²) in [6.45, 7) is 5.70. The molecular formula is C21H28O4. The van der Waals surface area contributed by atoms with Crippen molar-refractivity contribution in [1.29, 1.82) is 0 Å². The first-order valence-electron chi connectivity index (χ1n) is 9.64. The highest BCUT2D eigenvalue weighted by Gasteiger charge is 2.66. The van der Waals surface area contributed by atoms with Crippen LogP contribution in [0.2, 0.25) is 0 Å². The topological polar surface area (TPSA) is 71.4 Å². The van der Waals surface area contributed by atoms with E-state index < -0.39 is 16.9 Å². The van der Waals surface area contributed by atoms with Crippen LogP contribution in [0.5, 0.6) is 0 Å². The van der Waals surface area contributed by atoms with Gasteiger partial charge in [0.1, 0.15) is 11.6 Å². The molecule has 0 amide bonds. The number of ketones is 3. The molecule has 4 heteroatoms. The summed E-state index contributed by atoms with van der Waals surface area (Å²) in [6.07, 6.45) is 6.55. The van der Waals surface area contributed by atoms with Crippen molar-refractivity contribution < 1.29 is 19.5 Å². The number of carbonyl (C=O) groups excluding carboxylic acids is 3. The number of hydrogen-bond acceptors (Lipinski definition) is 4. The second-order valence-corrected chi connectivity index (χ2v) is 9.37. The smallest absolute Gasteiger partial charge is 0.166 e. The maximum Gasteiger partial charge on any atom is 0.166 e. The van der Waals surface area contributed by atoms with Crippen LogP contribution in [0, 0.1) is 28.6 Å². The second kappa shape index (κ2) is 5.12. The van der Waals surface area contributed by atoms with Gasteiger partial charge in [0, 0.05) is 29.6 Å². The zero-order chi connectivity index (χ0) is 18.2. The summed E-state index contributed by atoms with van der Waals surface area (Å²) in [5.41, 5.74) is -0.576. The SMILES string of the molecule is CC(=O)[C@H]1C(=O)C=C2[C@@H]3CCC4CC(=O)CC[C@]4(C)[C@@]3(O)CC[C@@]21C. The molecule has 3 saturated carbocycles. The average molecular weight is 344 g/mol. The fourth-order valence-electron chi connectivity index (χ4n) is 6.84. The Balaban J connectivity index is 1.76. The summed E-state index contributed by atoms with van der Waals surface area (Å²) in [6, 6.07) is 0. The molecule has 1 unspecified atom stereocenters. The average Bonchev–Trinajstić information content (AvgIpc) is 2.80. The number of hydrogen-bond donors (Lipinski definition) is 1. The lowest BCUT2D eigenvalue weighted by Gasteiger charge is -2.63. The summed E-state index contributed by atoms with van der Waals surface area (Å²) >= 11 is 0. The van der Waals surface area contributed by atoms with Gasteiger partial charge in [-0.25, -0.2) is 0 Å². The number of rotatable bonds is 1. The third-order valence-corrected chi connectivity index (χ3v) is 8.35. The summed E-state index contributed by atoms with van der Waals surface area (Å²) < 4.78 is 0. The first-order chi connectivity index (χ1) is 11.6. The Morgan fingerprint density at radius 3 is 2.56 bits per heavy atom. The van der Waals surface area contributed by atoms with E-state index in [0.717, 1.165) is 24.8 Å². The molecule has 0 bridgehead atoms. The fraction of sp³-hybridized carbons (Fsp3) is 0.762. The molecule has 4 aliphatic rings. The van der Waals surface area contributed by atoms with Crippen LogP contribution in [0.4, 0.5) is 0 Å². The number of aliphatic hydroxyl groups is 1. The van der Waals surface area contributed by atoms with Gasteiger partial charge in [0.05, 0.1) is 11.5 Å². The summed E-state index contributed by atoms with van der Waals surface area (Å²) in [5, 5.41) is 11.9. The van der Waals surface area contributed by atoms with Gasteiger partial charge in [-0.3, -0.25) is 14.4 Å². The number of allylic oxidation sites excluding steroid dienone is 1. The zero-order valence-corrected chi connectivity index (χ0v) is 15.4. The minimum atomic E-state index is -0.867. The molecule has 0 spiro atoms. The predicted molar refractivity (Wildman–Crippen MR) is 92.7 cm³/mol. The molecule has 0 aromatic rings. The molecule has 0 aromatic heterocycles. The van der Waals surface area contributed by atoms with E-state index in [-0.39, 0.29) is 28.8 Å². The van der Waals surface area contributed by atoms with Gasteiger partial charge in [-0.2, -0.15) is 0 Å². The van der Waals surface area contributed by atoms with E-state index >= 15 is 0 Å². The van der Waals surface area contributed by atoms with E-state index in [9.17, 15) is 19.5 Å². The Hall–Kier alpha value is -1.29. The molecular weight excluding hydrogens is 316 g/mol. The number of fused-ring (bicyclic) bond motifs is 5. The highest BCUT2D eigenvalue weighted by molar-refractivity contribution is 6.10. The van der Waals surface area contributed by atoms with Crippen molar-refractivity contribution in [3.63, 3.8) is 0 Å². The standard InChI is InChI=1S/C21H28O4/c1-12(22)18-17(24)11-16-15-5-4-13-10-14(23)6-7-20(13,3)21(15,25)9-8-19(16,18)2/h11,13,15,18,25H,4-10H2,1-3H3/t13?,15-,18-,19-,20-,21+/m0/s1. The molecule has 0 heterocycles. The number of Topliss-reactive ketones (excluding diaryl/α,β-unsaturated/α-hetero) is 2. The van der Waals surface area contributed by atoms with Crippen molar-refractivity contribution in [3.8, 4) is 0 Å². The van der Waals surface area contributed by atoms with E-state index in [4.69, 9.17) is 0 Å². The normalized spacial score (nSPS) is 49.1. The lowest BCUT2D eigenvalue weighted by molar-refractivity contribution is -0.199. The molecule has 25 heavy (non-hydrogen) atoms. The Morgan fingerprint density at radius 1 is 1.16 bits per heavy atom. The molecule has 0 saturated heterocycles. The fourth-order valence-corrected chi connectivity index (χ4v) is 6.84. The van der Waals surface area contributed by atoms with Crippen molar-refractivity contribution in [2.24, 2.45) is 28.6 Å². The molecule has 0 aromatic carbocycles. The van der Waals surface area contributed by atoms with Gasteiger partial charge < -0.3 is 5.11 Å². The van der Waals surface area contributed by atoms with Gasteiger partial charge in [0.2, 0.25) is 0 Å². The van der Waals surface area contributed by atoms with Gasteiger partial charge >= 0.3 is 0 Å². The van der Waals surface area contributed by atoms with Crippen LogP contribution in [-0.2, 0) is 14.4 Å². The molecule has 0 radical (unpaired) electrons. The monoisotopic (exact) mass is 344 g/mol. The van der Waals surface area contributed by atoms with Gasteiger partial charge in [-0.15, -0.1) is 0 Å². The minimum Gasteiger partial charge on any atom is -0.389 e. The van der Waals surface area contributed by atoms with Crippen LogP contribution < -0.4 is 0 Å². The van der Waals surface area contributed by atoms with E-state index in [1.807, 2.05) is 6.92 Å². The van der Waals surface area contributed by atoms with E-state index in [0.29, 0.717) is 31.5 Å².